The quantitative estimate of drug-likeness (QED) is 0.898. The van der Waals surface area contributed by atoms with Gasteiger partial charge >= 0.3 is 0 Å². The van der Waals surface area contributed by atoms with Gasteiger partial charge in [-0.2, -0.15) is 0 Å². The number of carbonyl (C=O) groups is 1. The van der Waals surface area contributed by atoms with Crippen LogP contribution in [0.25, 0.3) is 0 Å². The molecule has 0 fully saturated rings. The highest BCUT2D eigenvalue weighted by Crippen LogP contribution is 2.25. The van der Waals surface area contributed by atoms with Crippen molar-refractivity contribution in [2.45, 2.75) is 6.42 Å². The largest absolute Gasteiger partial charge is 0.326 e. The van der Waals surface area contributed by atoms with Gasteiger partial charge < -0.3 is 5.32 Å². The second-order valence-electron chi connectivity index (χ2n) is 3.98. The molecule has 2 rings (SSSR count). The number of hydrogen-bond acceptors (Lipinski definition) is 1. The Morgan fingerprint density at radius 2 is 1.89 bits per heavy atom. The Balaban J connectivity index is 2.03. The van der Waals surface area contributed by atoms with E-state index in [2.05, 4.69) is 5.32 Å². The number of benzene rings is 2. The Labute approximate surface area is 120 Å². The Morgan fingerprint density at radius 1 is 1.11 bits per heavy atom. The molecule has 2 nitrogen and oxygen atoms in total. The van der Waals surface area contributed by atoms with Gasteiger partial charge in [0.25, 0.3) is 0 Å². The Morgan fingerprint density at radius 3 is 2.58 bits per heavy atom. The minimum absolute atomic E-state index is 0.0952. The average molecular weight is 298 g/mol. The van der Waals surface area contributed by atoms with Crippen molar-refractivity contribution in [2.75, 3.05) is 5.32 Å². The molecule has 98 valence electrons. The fraction of sp³-hybridized carbons (Fsp3) is 0.0714. The van der Waals surface area contributed by atoms with E-state index in [9.17, 15) is 9.18 Å². The van der Waals surface area contributed by atoms with Gasteiger partial charge in [-0.25, -0.2) is 4.39 Å². The fourth-order valence-corrected chi connectivity index (χ4v) is 1.91. The lowest BCUT2D eigenvalue weighted by Crippen LogP contribution is -2.14. The van der Waals surface area contributed by atoms with Gasteiger partial charge in [-0.3, -0.25) is 4.79 Å². The number of nitrogens with one attached hydrogen (secondary N) is 1. The number of carbonyl (C=O) groups excluding carboxylic acids is 1. The first-order valence-electron chi connectivity index (χ1n) is 5.54. The Kier molecular flexibility index (Phi) is 4.40. The molecule has 19 heavy (non-hydrogen) atoms. The van der Waals surface area contributed by atoms with E-state index < -0.39 is 0 Å². The molecule has 2 aromatic carbocycles. The van der Waals surface area contributed by atoms with Gasteiger partial charge in [0.2, 0.25) is 5.91 Å². The zero-order valence-corrected chi connectivity index (χ0v) is 11.3. The van der Waals surface area contributed by atoms with Gasteiger partial charge in [-0.05, 0) is 35.9 Å². The molecule has 0 heterocycles. The third-order valence-corrected chi connectivity index (χ3v) is 3.20. The molecule has 0 spiro atoms. The number of hydrogen-bond donors (Lipinski definition) is 1. The Bertz CT molecular complexity index is 616. The van der Waals surface area contributed by atoms with Crippen molar-refractivity contribution in [1.82, 2.24) is 0 Å². The van der Waals surface area contributed by atoms with Crippen LogP contribution >= 0.6 is 23.2 Å². The van der Waals surface area contributed by atoms with Crippen molar-refractivity contribution in [1.29, 1.82) is 0 Å². The maximum absolute atomic E-state index is 13.0. The minimum Gasteiger partial charge on any atom is -0.326 e. The molecule has 0 aromatic heterocycles. The molecule has 5 heteroatoms. The zero-order chi connectivity index (χ0) is 13.8. The topological polar surface area (TPSA) is 29.1 Å². The lowest BCUT2D eigenvalue weighted by atomic mass is 10.1. The van der Waals surface area contributed by atoms with Gasteiger partial charge in [-0.1, -0.05) is 35.3 Å². The molecule has 0 radical (unpaired) electrons. The van der Waals surface area contributed by atoms with Crippen LogP contribution in [0, 0.1) is 5.82 Å². The van der Waals surface area contributed by atoms with Crippen LogP contribution in [-0.2, 0) is 11.2 Å². The van der Waals surface area contributed by atoms with Crippen LogP contribution in [0.4, 0.5) is 10.1 Å². The van der Waals surface area contributed by atoms with Gasteiger partial charge in [0.15, 0.2) is 0 Å². The van der Waals surface area contributed by atoms with Gasteiger partial charge in [0.05, 0.1) is 16.5 Å². The van der Waals surface area contributed by atoms with E-state index in [4.69, 9.17) is 23.2 Å². The first kappa shape index (κ1) is 13.8. The smallest absolute Gasteiger partial charge is 0.228 e. The molecule has 0 saturated heterocycles. The number of amides is 1. The normalized spacial score (nSPS) is 10.3. The van der Waals surface area contributed by atoms with E-state index in [1.165, 1.54) is 12.1 Å². The predicted molar refractivity (Wildman–Crippen MR) is 75.2 cm³/mol. The highest BCUT2D eigenvalue weighted by atomic mass is 35.5. The van der Waals surface area contributed by atoms with Crippen molar-refractivity contribution in [3.63, 3.8) is 0 Å². The number of rotatable bonds is 3. The van der Waals surface area contributed by atoms with E-state index in [-0.39, 0.29) is 18.1 Å². The molecule has 0 bridgehead atoms. The molecule has 2 aromatic rings. The number of anilines is 1. The molecule has 0 saturated carbocycles. The second-order valence-corrected chi connectivity index (χ2v) is 4.80. The molecular formula is C14H10Cl2FNO. The first-order chi connectivity index (χ1) is 9.04. The summed E-state index contributed by atoms with van der Waals surface area (Å²) in [6.07, 6.45) is 0.0952. The highest BCUT2D eigenvalue weighted by Gasteiger charge is 2.06. The standard InChI is InChI=1S/C14H10Cl2FNO/c15-12-5-4-11(8-13(12)16)18-14(19)7-9-2-1-3-10(17)6-9/h1-6,8H,7H2,(H,18,19). The molecule has 0 unspecified atom stereocenters. The molecule has 0 aliphatic heterocycles. The first-order valence-corrected chi connectivity index (χ1v) is 6.29. The third kappa shape index (κ3) is 3.94. The summed E-state index contributed by atoms with van der Waals surface area (Å²) >= 11 is 11.6. The van der Waals surface area contributed by atoms with E-state index in [1.807, 2.05) is 0 Å². The summed E-state index contributed by atoms with van der Waals surface area (Å²) in [4.78, 5) is 11.8. The zero-order valence-electron chi connectivity index (χ0n) is 9.79. The SMILES string of the molecule is O=C(Cc1cccc(F)c1)Nc1ccc(Cl)c(Cl)c1. The van der Waals surface area contributed by atoms with Crippen molar-refractivity contribution >= 4 is 34.8 Å². The molecule has 0 aliphatic carbocycles. The van der Waals surface area contributed by atoms with E-state index in [1.54, 1.807) is 30.3 Å². The Hall–Kier alpha value is -1.58. The van der Waals surface area contributed by atoms with Crippen LogP contribution in [0.15, 0.2) is 42.5 Å². The average Bonchev–Trinajstić information content (AvgIpc) is 2.34. The second kappa shape index (κ2) is 6.04. The predicted octanol–water partition coefficient (Wildman–Crippen LogP) is 4.31. The van der Waals surface area contributed by atoms with Crippen LogP contribution in [0.5, 0.6) is 0 Å². The van der Waals surface area contributed by atoms with Crippen LogP contribution < -0.4 is 5.32 Å². The van der Waals surface area contributed by atoms with Crippen LogP contribution in [0.3, 0.4) is 0 Å². The fourth-order valence-electron chi connectivity index (χ4n) is 1.61. The van der Waals surface area contributed by atoms with Crippen molar-refractivity contribution in [2.24, 2.45) is 0 Å². The number of halogens is 3. The van der Waals surface area contributed by atoms with E-state index >= 15 is 0 Å². The maximum atomic E-state index is 13.0. The monoisotopic (exact) mass is 297 g/mol. The summed E-state index contributed by atoms with van der Waals surface area (Å²) in [6, 6.07) is 10.7. The maximum Gasteiger partial charge on any atom is 0.228 e. The van der Waals surface area contributed by atoms with Gasteiger partial charge in [0.1, 0.15) is 5.82 Å². The van der Waals surface area contributed by atoms with Gasteiger partial charge in [0, 0.05) is 5.69 Å². The lowest BCUT2D eigenvalue weighted by Gasteiger charge is -2.06. The summed E-state index contributed by atoms with van der Waals surface area (Å²) in [5.41, 5.74) is 1.16. The van der Waals surface area contributed by atoms with E-state index in [0.717, 1.165) is 0 Å². The van der Waals surface area contributed by atoms with Crippen LogP contribution in [0.1, 0.15) is 5.56 Å². The molecule has 0 atom stereocenters. The van der Waals surface area contributed by atoms with E-state index in [0.29, 0.717) is 21.3 Å². The summed E-state index contributed by atoms with van der Waals surface area (Å²) in [5.74, 6) is -0.608. The van der Waals surface area contributed by atoms with Crippen molar-refractivity contribution < 1.29 is 9.18 Å². The van der Waals surface area contributed by atoms with Crippen LogP contribution in [0.2, 0.25) is 10.0 Å². The summed E-state index contributed by atoms with van der Waals surface area (Å²) in [7, 11) is 0. The summed E-state index contributed by atoms with van der Waals surface area (Å²) in [5, 5.41) is 3.46. The molecular weight excluding hydrogens is 288 g/mol. The van der Waals surface area contributed by atoms with Crippen molar-refractivity contribution in [3.8, 4) is 0 Å². The molecule has 0 aliphatic rings. The van der Waals surface area contributed by atoms with Gasteiger partial charge in [-0.15, -0.1) is 0 Å². The van der Waals surface area contributed by atoms with Crippen LogP contribution in [-0.4, -0.2) is 5.91 Å². The summed E-state index contributed by atoms with van der Waals surface area (Å²) < 4.78 is 13.0. The van der Waals surface area contributed by atoms with Crippen molar-refractivity contribution in [3.05, 3.63) is 63.9 Å². The highest BCUT2D eigenvalue weighted by molar-refractivity contribution is 6.42. The molecule has 1 N–H and O–H groups in total. The summed E-state index contributed by atoms with van der Waals surface area (Å²) in [6.45, 7) is 0. The minimum atomic E-state index is -0.361. The lowest BCUT2D eigenvalue weighted by molar-refractivity contribution is -0.115. The third-order valence-electron chi connectivity index (χ3n) is 2.46. The molecule has 1 amide bonds.